The minimum atomic E-state index is -0.0233. The number of nitrogens with zero attached hydrogens (tertiary/aromatic N) is 3. The molecule has 0 atom stereocenters. The third-order valence-corrected chi connectivity index (χ3v) is 2.42. The molecule has 4 heteroatoms. The third kappa shape index (κ3) is 1.42. The SMILES string of the molecule is CCn1ccnc1N1CC(C)(N)C1. The minimum Gasteiger partial charge on any atom is -0.338 e. The van der Waals surface area contributed by atoms with Crippen LogP contribution in [0.4, 0.5) is 5.95 Å². The smallest absolute Gasteiger partial charge is 0.205 e. The molecular weight excluding hydrogens is 164 g/mol. The van der Waals surface area contributed by atoms with Crippen molar-refractivity contribution in [1.82, 2.24) is 9.55 Å². The fourth-order valence-corrected chi connectivity index (χ4v) is 1.80. The van der Waals surface area contributed by atoms with Crippen molar-refractivity contribution in [2.24, 2.45) is 5.73 Å². The molecule has 72 valence electrons. The molecule has 1 aliphatic heterocycles. The molecule has 0 spiro atoms. The Kier molecular flexibility index (Phi) is 1.80. The Morgan fingerprint density at radius 2 is 2.31 bits per heavy atom. The lowest BCUT2D eigenvalue weighted by Gasteiger charge is -2.45. The molecule has 2 N–H and O–H groups in total. The van der Waals surface area contributed by atoms with E-state index in [2.05, 4.69) is 28.3 Å². The molecule has 1 aliphatic rings. The van der Waals surface area contributed by atoms with Crippen LogP contribution in [0.3, 0.4) is 0 Å². The summed E-state index contributed by atoms with van der Waals surface area (Å²) in [4.78, 5) is 6.52. The zero-order valence-corrected chi connectivity index (χ0v) is 8.20. The fourth-order valence-electron chi connectivity index (χ4n) is 1.80. The van der Waals surface area contributed by atoms with E-state index >= 15 is 0 Å². The van der Waals surface area contributed by atoms with Gasteiger partial charge in [0.05, 0.1) is 0 Å². The Labute approximate surface area is 78.4 Å². The van der Waals surface area contributed by atoms with Crippen LogP contribution in [0, 0.1) is 0 Å². The third-order valence-electron chi connectivity index (χ3n) is 2.42. The second-order valence-electron chi connectivity index (χ2n) is 4.02. The first-order valence-electron chi connectivity index (χ1n) is 4.67. The number of hydrogen-bond acceptors (Lipinski definition) is 3. The van der Waals surface area contributed by atoms with Crippen LogP contribution >= 0.6 is 0 Å². The zero-order valence-electron chi connectivity index (χ0n) is 8.20. The van der Waals surface area contributed by atoms with E-state index in [9.17, 15) is 0 Å². The largest absolute Gasteiger partial charge is 0.338 e. The van der Waals surface area contributed by atoms with E-state index in [0.717, 1.165) is 25.6 Å². The summed E-state index contributed by atoms with van der Waals surface area (Å²) >= 11 is 0. The molecule has 1 aromatic rings. The molecule has 13 heavy (non-hydrogen) atoms. The van der Waals surface area contributed by atoms with Gasteiger partial charge in [-0.1, -0.05) is 0 Å². The number of anilines is 1. The first-order chi connectivity index (χ1) is 6.12. The van der Waals surface area contributed by atoms with Gasteiger partial charge in [0.1, 0.15) is 0 Å². The average Bonchev–Trinajstić information content (AvgIpc) is 2.46. The van der Waals surface area contributed by atoms with Gasteiger partial charge in [0, 0.05) is 37.6 Å². The van der Waals surface area contributed by atoms with Gasteiger partial charge < -0.3 is 15.2 Å². The Morgan fingerprint density at radius 1 is 1.62 bits per heavy atom. The first-order valence-corrected chi connectivity index (χ1v) is 4.67. The highest BCUT2D eigenvalue weighted by atomic mass is 15.4. The van der Waals surface area contributed by atoms with Crippen molar-refractivity contribution in [2.45, 2.75) is 25.9 Å². The molecule has 0 aromatic carbocycles. The summed E-state index contributed by atoms with van der Waals surface area (Å²) in [7, 11) is 0. The summed E-state index contributed by atoms with van der Waals surface area (Å²) in [6, 6.07) is 0. The molecule has 1 saturated heterocycles. The zero-order chi connectivity index (χ0) is 9.47. The van der Waals surface area contributed by atoms with Crippen molar-refractivity contribution < 1.29 is 0 Å². The first kappa shape index (κ1) is 8.56. The van der Waals surface area contributed by atoms with Gasteiger partial charge in [-0.2, -0.15) is 0 Å². The minimum absolute atomic E-state index is 0.0233. The number of imidazole rings is 1. The van der Waals surface area contributed by atoms with Crippen LogP contribution < -0.4 is 10.6 Å². The van der Waals surface area contributed by atoms with Crippen LogP contribution in [0.1, 0.15) is 13.8 Å². The lowest BCUT2D eigenvalue weighted by molar-refractivity contribution is 0.356. The summed E-state index contributed by atoms with van der Waals surface area (Å²) in [5.74, 6) is 1.05. The van der Waals surface area contributed by atoms with E-state index in [-0.39, 0.29) is 5.54 Å². The number of nitrogens with two attached hydrogens (primary N) is 1. The van der Waals surface area contributed by atoms with E-state index < -0.39 is 0 Å². The molecule has 0 amide bonds. The Balaban J connectivity index is 2.11. The fraction of sp³-hybridized carbons (Fsp3) is 0.667. The number of rotatable bonds is 2. The predicted octanol–water partition coefficient (Wildman–Crippen LogP) is 0.440. The Morgan fingerprint density at radius 3 is 2.85 bits per heavy atom. The van der Waals surface area contributed by atoms with Gasteiger partial charge >= 0.3 is 0 Å². The van der Waals surface area contributed by atoms with Crippen molar-refractivity contribution >= 4 is 5.95 Å². The van der Waals surface area contributed by atoms with Gasteiger partial charge in [0.2, 0.25) is 5.95 Å². The van der Waals surface area contributed by atoms with Crippen LogP contribution in [-0.4, -0.2) is 28.2 Å². The highest BCUT2D eigenvalue weighted by Gasteiger charge is 2.36. The summed E-state index contributed by atoms with van der Waals surface area (Å²) in [5.41, 5.74) is 5.91. The predicted molar refractivity (Wildman–Crippen MR) is 52.7 cm³/mol. The van der Waals surface area contributed by atoms with Crippen molar-refractivity contribution in [3.05, 3.63) is 12.4 Å². The highest BCUT2D eigenvalue weighted by Crippen LogP contribution is 2.23. The van der Waals surface area contributed by atoms with Crippen LogP contribution in [-0.2, 0) is 6.54 Å². The van der Waals surface area contributed by atoms with Crippen LogP contribution in [0.2, 0.25) is 0 Å². The van der Waals surface area contributed by atoms with Crippen molar-refractivity contribution in [2.75, 3.05) is 18.0 Å². The van der Waals surface area contributed by atoms with Gasteiger partial charge in [-0.25, -0.2) is 4.98 Å². The van der Waals surface area contributed by atoms with Crippen LogP contribution in [0.25, 0.3) is 0 Å². The number of hydrogen-bond donors (Lipinski definition) is 1. The van der Waals surface area contributed by atoms with Gasteiger partial charge in [-0.15, -0.1) is 0 Å². The molecule has 0 saturated carbocycles. The monoisotopic (exact) mass is 180 g/mol. The highest BCUT2D eigenvalue weighted by molar-refractivity contribution is 5.38. The normalized spacial score (nSPS) is 20.1. The lowest BCUT2D eigenvalue weighted by atomic mass is 9.94. The molecule has 2 heterocycles. The molecule has 1 fully saturated rings. The van der Waals surface area contributed by atoms with Crippen molar-refractivity contribution in [3.8, 4) is 0 Å². The van der Waals surface area contributed by atoms with Crippen LogP contribution in [0.15, 0.2) is 12.4 Å². The molecule has 2 rings (SSSR count). The molecule has 0 aliphatic carbocycles. The van der Waals surface area contributed by atoms with Gasteiger partial charge in [0.15, 0.2) is 0 Å². The molecule has 1 aromatic heterocycles. The second-order valence-corrected chi connectivity index (χ2v) is 4.02. The second kappa shape index (κ2) is 2.73. The van der Waals surface area contributed by atoms with E-state index in [1.165, 1.54) is 0 Å². The molecule has 0 radical (unpaired) electrons. The van der Waals surface area contributed by atoms with E-state index in [1.807, 2.05) is 12.4 Å². The molecular formula is C9H16N4. The average molecular weight is 180 g/mol. The molecule has 4 nitrogen and oxygen atoms in total. The quantitative estimate of drug-likeness (QED) is 0.718. The summed E-state index contributed by atoms with van der Waals surface area (Å²) in [6.07, 6.45) is 3.84. The summed E-state index contributed by atoms with van der Waals surface area (Å²) < 4.78 is 2.13. The topological polar surface area (TPSA) is 47.1 Å². The Bertz CT molecular complexity index is 294. The van der Waals surface area contributed by atoms with Gasteiger partial charge in [-0.05, 0) is 13.8 Å². The van der Waals surface area contributed by atoms with E-state index in [4.69, 9.17) is 5.73 Å². The lowest BCUT2D eigenvalue weighted by Crippen LogP contribution is -2.66. The van der Waals surface area contributed by atoms with Crippen molar-refractivity contribution in [1.29, 1.82) is 0 Å². The van der Waals surface area contributed by atoms with E-state index in [1.54, 1.807) is 0 Å². The maximum absolute atomic E-state index is 5.93. The van der Waals surface area contributed by atoms with Gasteiger partial charge in [-0.3, -0.25) is 0 Å². The maximum atomic E-state index is 5.93. The van der Waals surface area contributed by atoms with E-state index in [0.29, 0.717) is 0 Å². The summed E-state index contributed by atoms with van der Waals surface area (Å²) in [6.45, 7) is 6.97. The van der Waals surface area contributed by atoms with Gasteiger partial charge in [0.25, 0.3) is 0 Å². The number of aromatic nitrogens is 2. The molecule has 0 unspecified atom stereocenters. The summed E-state index contributed by atoms with van der Waals surface area (Å²) in [5, 5.41) is 0. The van der Waals surface area contributed by atoms with Crippen LogP contribution in [0.5, 0.6) is 0 Å². The molecule has 0 bridgehead atoms. The Hall–Kier alpha value is -1.03. The maximum Gasteiger partial charge on any atom is 0.205 e. The van der Waals surface area contributed by atoms with Crippen molar-refractivity contribution in [3.63, 3.8) is 0 Å². The number of aryl methyl sites for hydroxylation is 1. The standard InChI is InChI=1S/C9H16N4/c1-3-12-5-4-11-8(12)13-6-9(2,10)7-13/h4-5H,3,6-7,10H2,1-2H3.